The summed E-state index contributed by atoms with van der Waals surface area (Å²) in [6, 6.07) is 19.0. The second-order valence-electron chi connectivity index (χ2n) is 7.55. The number of piperidine rings is 1. The molecule has 1 amide bonds. The summed E-state index contributed by atoms with van der Waals surface area (Å²) >= 11 is 1.65. The number of thioether (sulfide) groups is 1. The van der Waals surface area contributed by atoms with Crippen molar-refractivity contribution in [3.8, 4) is 0 Å². The van der Waals surface area contributed by atoms with Crippen molar-refractivity contribution >= 4 is 23.4 Å². The van der Waals surface area contributed by atoms with E-state index in [0.717, 1.165) is 30.3 Å². The van der Waals surface area contributed by atoms with Crippen molar-refractivity contribution in [1.82, 2.24) is 5.32 Å². The van der Waals surface area contributed by atoms with Crippen LogP contribution >= 0.6 is 11.8 Å². The van der Waals surface area contributed by atoms with E-state index in [2.05, 4.69) is 60.5 Å². The van der Waals surface area contributed by atoms with Gasteiger partial charge < -0.3 is 10.2 Å². The maximum atomic E-state index is 12.2. The quantitative estimate of drug-likeness (QED) is 0.729. The van der Waals surface area contributed by atoms with Gasteiger partial charge >= 0.3 is 0 Å². The van der Waals surface area contributed by atoms with Crippen molar-refractivity contribution in [3.63, 3.8) is 0 Å². The number of carbonyl (C=O) groups is 1. The van der Waals surface area contributed by atoms with E-state index in [-0.39, 0.29) is 11.9 Å². The number of amides is 1. The van der Waals surface area contributed by atoms with E-state index in [1.54, 1.807) is 11.8 Å². The minimum absolute atomic E-state index is 0.0316. The van der Waals surface area contributed by atoms with E-state index >= 15 is 0 Å². The molecule has 4 heteroatoms. The van der Waals surface area contributed by atoms with Gasteiger partial charge in [-0.1, -0.05) is 49.4 Å². The molecule has 1 aliphatic rings. The average Bonchev–Trinajstić information content (AvgIpc) is 2.69. The van der Waals surface area contributed by atoms with E-state index in [1.165, 1.54) is 24.1 Å². The molecule has 1 N–H and O–H groups in total. The van der Waals surface area contributed by atoms with Gasteiger partial charge in [0, 0.05) is 24.5 Å². The Bertz CT molecular complexity index is 717. The van der Waals surface area contributed by atoms with Crippen molar-refractivity contribution in [2.75, 3.05) is 23.7 Å². The second kappa shape index (κ2) is 9.84. The fraction of sp³-hybridized carbons (Fsp3) is 0.435. The first kappa shape index (κ1) is 19.8. The number of benzene rings is 2. The molecule has 1 fully saturated rings. The van der Waals surface area contributed by atoms with Crippen LogP contribution in [-0.2, 0) is 10.5 Å². The topological polar surface area (TPSA) is 32.3 Å². The molecule has 0 radical (unpaired) electrons. The minimum atomic E-state index is 0.0316. The van der Waals surface area contributed by atoms with Crippen molar-refractivity contribution in [3.05, 3.63) is 65.7 Å². The summed E-state index contributed by atoms with van der Waals surface area (Å²) in [5.74, 6) is 2.22. The lowest BCUT2D eigenvalue weighted by atomic mass is 9.99. The van der Waals surface area contributed by atoms with Gasteiger partial charge in [-0.3, -0.25) is 4.79 Å². The van der Waals surface area contributed by atoms with Crippen LogP contribution in [0, 0.1) is 5.92 Å². The van der Waals surface area contributed by atoms with Gasteiger partial charge in [0.05, 0.1) is 11.8 Å². The summed E-state index contributed by atoms with van der Waals surface area (Å²) in [6.45, 7) is 6.67. The van der Waals surface area contributed by atoms with Crippen molar-refractivity contribution in [2.24, 2.45) is 5.92 Å². The molecule has 3 nitrogen and oxygen atoms in total. The summed E-state index contributed by atoms with van der Waals surface area (Å²) in [4.78, 5) is 14.7. The van der Waals surface area contributed by atoms with E-state index in [4.69, 9.17) is 0 Å². The van der Waals surface area contributed by atoms with Crippen LogP contribution in [0.2, 0.25) is 0 Å². The van der Waals surface area contributed by atoms with Crippen LogP contribution in [0.15, 0.2) is 54.6 Å². The summed E-state index contributed by atoms with van der Waals surface area (Å²) < 4.78 is 0. The van der Waals surface area contributed by atoms with Crippen LogP contribution in [0.4, 0.5) is 5.69 Å². The van der Waals surface area contributed by atoms with Crippen molar-refractivity contribution in [1.29, 1.82) is 0 Å². The van der Waals surface area contributed by atoms with Crippen molar-refractivity contribution < 1.29 is 4.79 Å². The van der Waals surface area contributed by atoms with Crippen LogP contribution in [0.3, 0.4) is 0 Å². The van der Waals surface area contributed by atoms with Crippen LogP contribution in [-0.4, -0.2) is 24.7 Å². The minimum Gasteiger partial charge on any atom is -0.371 e. The smallest absolute Gasteiger partial charge is 0.230 e. The van der Waals surface area contributed by atoms with Gasteiger partial charge in [0.2, 0.25) is 5.91 Å². The zero-order valence-electron chi connectivity index (χ0n) is 16.4. The Hall–Kier alpha value is -1.94. The van der Waals surface area contributed by atoms with Crippen LogP contribution in [0.5, 0.6) is 0 Å². The third kappa shape index (κ3) is 6.03. The SMILES string of the molecule is C[C@H]1CCCN(c2ccc([C@H](C)NC(=O)CSCc3ccccc3)cc2)C1. The highest BCUT2D eigenvalue weighted by Gasteiger charge is 2.17. The van der Waals surface area contributed by atoms with Gasteiger partial charge in [-0.25, -0.2) is 0 Å². The first-order chi connectivity index (χ1) is 13.1. The van der Waals surface area contributed by atoms with Gasteiger partial charge in [0.15, 0.2) is 0 Å². The molecule has 144 valence electrons. The molecule has 0 aliphatic carbocycles. The number of rotatable bonds is 7. The molecule has 27 heavy (non-hydrogen) atoms. The zero-order chi connectivity index (χ0) is 19.1. The molecule has 3 rings (SSSR count). The summed E-state index contributed by atoms with van der Waals surface area (Å²) in [5.41, 5.74) is 3.71. The van der Waals surface area contributed by atoms with Crippen molar-refractivity contribution in [2.45, 2.75) is 38.5 Å². The second-order valence-corrected chi connectivity index (χ2v) is 8.54. The molecule has 0 unspecified atom stereocenters. The fourth-order valence-electron chi connectivity index (χ4n) is 3.60. The molecule has 0 spiro atoms. The Kier molecular flexibility index (Phi) is 7.22. The lowest BCUT2D eigenvalue weighted by molar-refractivity contribution is -0.119. The first-order valence-electron chi connectivity index (χ1n) is 9.88. The normalized spacial score (nSPS) is 18.1. The highest BCUT2D eigenvalue weighted by molar-refractivity contribution is 7.99. The van der Waals surface area contributed by atoms with E-state index in [0.29, 0.717) is 5.75 Å². The molecule has 0 bridgehead atoms. The van der Waals surface area contributed by atoms with Crippen LogP contribution in [0.25, 0.3) is 0 Å². The molecule has 2 aromatic rings. The van der Waals surface area contributed by atoms with Crippen LogP contribution in [0.1, 0.15) is 43.9 Å². The average molecular weight is 383 g/mol. The van der Waals surface area contributed by atoms with E-state index < -0.39 is 0 Å². The molecule has 1 saturated heterocycles. The number of carbonyl (C=O) groups excluding carboxylic acids is 1. The van der Waals surface area contributed by atoms with Gasteiger partial charge in [-0.2, -0.15) is 0 Å². The molecule has 1 aliphatic heterocycles. The summed E-state index contributed by atoms with van der Waals surface area (Å²) in [5, 5.41) is 3.12. The Morgan fingerprint density at radius 3 is 2.63 bits per heavy atom. The van der Waals surface area contributed by atoms with E-state index in [1.807, 2.05) is 18.2 Å². The fourth-order valence-corrected chi connectivity index (χ4v) is 4.40. The lowest BCUT2D eigenvalue weighted by Gasteiger charge is -2.33. The molecule has 0 aromatic heterocycles. The summed E-state index contributed by atoms with van der Waals surface area (Å²) in [6.07, 6.45) is 2.61. The lowest BCUT2D eigenvalue weighted by Crippen LogP contribution is -2.34. The Balaban J connectivity index is 1.45. The first-order valence-corrected chi connectivity index (χ1v) is 11.0. The van der Waals surface area contributed by atoms with Gasteiger partial charge in [0.1, 0.15) is 0 Å². The standard InChI is InChI=1S/C23H30N2OS/c1-18-7-6-14-25(15-18)22-12-10-21(11-13-22)19(2)24-23(26)17-27-16-20-8-4-3-5-9-20/h3-5,8-13,18-19H,6-7,14-17H2,1-2H3,(H,24,26)/t18-,19-/m0/s1. The maximum Gasteiger partial charge on any atom is 0.230 e. The van der Waals surface area contributed by atoms with Crippen LogP contribution < -0.4 is 10.2 Å². The van der Waals surface area contributed by atoms with Gasteiger partial charge in [0.25, 0.3) is 0 Å². The Morgan fingerprint density at radius 1 is 1.19 bits per heavy atom. The number of nitrogens with one attached hydrogen (secondary N) is 1. The zero-order valence-corrected chi connectivity index (χ0v) is 17.2. The van der Waals surface area contributed by atoms with Gasteiger partial charge in [-0.05, 0) is 48.9 Å². The number of hydrogen-bond donors (Lipinski definition) is 1. The monoisotopic (exact) mass is 382 g/mol. The van der Waals surface area contributed by atoms with Gasteiger partial charge in [-0.15, -0.1) is 11.8 Å². The Morgan fingerprint density at radius 2 is 1.93 bits per heavy atom. The third-order valence-electron chi connectivity index (χ3n) is 5.14. The number of anilines is 1. The maximum absolute atomic E-state index is 12.2. The largest absolute Gasteiger partial charge is 0.371 e. The third-order valence-corrected chi connectivity index (χ3v) is 6.14. The number of hydrogen-bond acceptors (Lipinski definition) is 3. The van der Waals surface area contributed by atoms with E-state index in [9.17, 15) is 4.79 Å². The molecular formula is C23H30N2OS. The predicted octanol–water partition coefficient (Wildman–Crippen LogP) is 5.03. The predicted molar refractivity (Wildman–Crippen MR) is 116 cm³/mol. The summed E-state index contributed by atoms with van der Waals surface area (Å²) in [7, 11) is 0. The molecule has 2 atom stereocenters. The number of nitrogens with zero attached hydrogens (tertiary/aromatic N) is 1. The highest BCUT2D eigenvalue weighted by Crippen LogP contribution is 2.24. The highest BCUT2D eigenvalue weighted by atomic mass is 32.2. The Labute approximate surface area is 167 Å². The molecule has 0 saturated carbocycles. The molecular weight excluding hydrogens is 352 g/mol. The molecule has 2 aromatic carbocycles. The molecule has 1 heterocycles.